The van der Waals surface area contributed by atoms with E-state index < -0.39 is 6.36 Å². The second kappa shape index (κ2) is 6.69. The van der Waals surface area contributed by atoms with Crippen LogP contribution < -0.4 is 16.0 Å². The quantitative estimate of drug-likeness (QED) is 0.644. The zero-order chi connectivity index (χ0) is 15.4. The SMILES string of the molecule is CC(C)(C)SCC(NN)c1cccc(OC(F)(F)F)c1. The van der Waals surface area contributed by atoms with Crippen LogP contribution in [0.3, 0.4) is 0 Å². The molecule has 0 spiro atoms. The molecular weight excluding hydrogens is 289 g/mol. The van der Waals surface area contributed by atoms with E-state index >= 15 is 0 Å². The third-order valence-corrected chi connectivity index (χ3v) is 3.74. The topological polar surface area (TPSA) is 47.3 Å². The molecule has 1 aromatic carbocycles. The van der Waals surface area contributed by atoms with Crippen molar-refractivity contribution in [2.45, 2.75) is 37.9 Å². The van der Waals surface area contributed by atoms with Gasteiger partial charge in [-0.3, -0.25) is 11.3 Å². The first-order valence-corrected chi connectivity index (χ1v) is 7.05. The predicted molar refractivity (Wildman–Crippen MR) is 75.4 cm³/mol. The number of hydrazine groups is 1. The van der Waals surface area contributed by atoms with Crippen molar-refractivity contribution in [3.8, 4) is 5.75 Å². The predicted octanol–water partition coefficient (Wildman–Crippen LogP) is 3.62. The summed E-state index contributed by atoms with van der Waals surface area (Å²) in [6, 6.07) is 5.61. The lowest BCUT2D eigenvalue weighted by Crippen LogP contribution is -2.31. The van der Waals surface area contributed by atoms with Gasteiger partial charge in [-0.05, 0) is 17.7 Å². The molecule has 3 N–H and O–H groups in total. The lowest BCUT2D eigenvalue weighted by Gasteiger charge is -2.23. The molecule has 0 aliphatic heterocycles. The second-order valence-electron chi connectivity index (χ2n) is 5.26. The minimum absolute atomic E-state index is 0.0508. The normalized spacial score (nSPS) is 14.2. The van der Waals surface area contributed by atoms with Crippen LogP contribution in [0.4, 0.5) is 13.2 Å². The largest absolute Gasteiger partial charge is 0.573 e. The van der Waals surface area contributed by atoms with Gasteiger partial charge in [-0.25, -0.2) is 0 Å². The molecule has 0 bridgehead atoms. The Bertz CT molecular complexity index is 432. The number of ether oxygens (including phenoxy) is 1. The molecule has 1 atom stereocenters. The Morgan fingerprint density at radius 3 is 2.45 bits per heavy atom. The summed E-state index contributed by atoms with van der Waals surface area (Å²) in [4.78, 5) is 0. The van der Waals surface area contributed by atoms with Crippen LogP contribution in [-0.4, -0.2) is 16.9 Å². The summed E-state index contributed by atoms with van der Waals surface area (Å²) in [7, 11) is 0. The van der Waals surface area contributed by atoms with Crippen LogP contribution in [-0.2, 0) is 0 Å². The number of nitrogens with one attached hydrogen (secondary N) is 1. The van der Waals surface area contributed by atoms with Gasteiger partial charge in [0.15, 0.2) is 0 Å². The Hall–Kier alpha value is -0.920. The van der Waals surface area contributed by atoms with E-state index in [-0.39, 0.29) is 16.5 Å². The van der Waals surface area contributed by atoms with Crippen LogP contribution in [0.5, 0.6) is 5.75 Å². The van der Waals surface area contributed by atoms with Gasteiger partial charge < -0.3 is 4.74 Å². The van der Waals surface area contributed by atoms with Crippen molar-refractivity contribution in [1.82, 2.24) is 5.43 Å². The number of rotatable bonds is 5. The van der Waals surface area contributed by atoms with E-state index in [4.69, 9.17) is 5.84 Å². The van der Waals surface area contributed by atoms with Crippen molar-refractivity contribution in [2.24, 2.45) is 5.84 Å². The fourth-order valence-electron chi connectivity index (χ4n) is 1.50. The maximum absolute atomic E-state index is 12.2. The maximum Gasteiger partial charge on any atom is 0.573 e. The summed E-state index contributed by atoms with van der Waals surface area (Å²) in [6.07, 6.45) is -4.69. The van der Waals surface area contributed by atoms with E-state index in [0.29, 0.717) is 11.3 Å². The molecule has 1 rings (SSSR count). The number of alkyl halides is 3. The molecule has 0 amide bonds. The van der Waals surface area contributed by atoms with Crippen LogP contribution >= 0.6 is 11.8 Å². The van der Waals surface area contributed by atoms with Crippen molar-refractivity contribution in [3.63, 3.8) is 0 Å². The number of benzene rings is 1. The average Bonchev–Trinajstić information content (AvgIpc) is 2.26. The summed E-state index contributed by atoms with van der Waals surface area (Å²) in [6.45, 7) is 6.19. The third-order valence-electron chi connectivity index (χ3n) is 2.38. The maximum atomic E-state index is 12.2. The molecule has 0 radical (unpaired) electrons. The molecule has 1 aromatic rings. The molecule has 0 aliphatic rings. The number of halogens is 3. The number of hydrogen-bond donors (Lipinski definition) is 2. The zero-order valence-electron chi connectivity index (χ0n) is 11.6. The Kier molecular flexibility index (Phi) is 5.73. The lowest BCUT2D eigenvalue weighted by molar-refractivity contribution is -0.274. The molecule has 114 valence electrons. The molecule has 7 heteroatoms. The summed E-state index contributed by atoms with van der Waals surface area (Å²) < 4.78 is 40.5. The van der Waals surface area contributed by atoms with Gasteiger partial charge >= 0.3 is 6.36 Å². The van der Waals surface area contributed by atoms with Crippen molar-refractivity contribution >= 4 is 11.8 Å². The van der Waals surface area contributed by atoms with E-state index in [1.54, 1.807) is 17.8 Å². The highest BCUT2D eigenvalue weighted by Crippen LogP contribution is 2.30. The minimum atomic E-state index is -4.69. The first-order valence-electron chi connectivity index (χ1n) is 6.06. The summed E-state index contributed by atoms with van der Waals surface area (Å²) in [5, 5.41) is 0. The van der Waals surface area contributed by atoms with Crippen LogP contribution in [0.1, 0.15) is 32.4 Å². The fraction of sp³-hybridized carbons (Fsp3) is 0.538. The van der Waals surface area contributed by atoms with Gasteiger partial charge in [-0.2, -0.15) is 11.8 Å². The van der Waals surface area contributed by atoms with Crippen LogP contribution in [0.15, 0.2) is 24.3 Å². The van der Waals surface area contributed by atoms with Crippen LogP contribution in [0.25, 0.3) is 0 Å². The van der Waals surface area contributed by atoms with E-state index in [9.17, 15) is 13.2 Å². The number of thioether (sulfide) groups is 1. The Labute approximate surface area is 121 Å². The number of hydrogen-bond acceptors (Lipinski definition) is 4. The molecular formula is C13H19F3N2OS. The first-order chi connectivity index (χ1) is 9.11. The molecule has 0 heterocycles. The van der Waals surface area contributed by atoms with E-state index in [1.807, 2.05) is 0 Å². The molecule has 0 aliphatic carbocycles. The van der Waals surface area contributed by atoms with Crippen molar-refractivity contribution < 1.29 is 17.9 Å². The molecule has 0 aromatic heterocycles. The number of nitrogens with two attached hydrogens (primary N) is 1. The van der Waals surface area contributed by atoms with E-state index in [1.165, 1.54) is 18.2 Å². The molecule has 20 heavy (non-hydrogen) atoms. The average molecular weight is 308 g/mol. The van der Waals surface area contributed by atoms with Crippen molar-refractivity contribution in [3.05, 3.63) is 29.8 Å². The smallest absolute Gasteiger partial charge is 0.406 e. The summed E-state index contributed by atoms with van der Waals surface area (Å²) in [5.41, 5.74) is 3.28. The van der Waals surface area contributed by atoms with Crippen molar-refractivity contribution in [2.75, 3.05) is 5.75 Å². The first kappa shape index (κ1) is 17.1. The molecule has 0 fully saturated rings. The monoisotopic (exact) mass is 308 g/mol. The van der Waals surface area contributed by atoms with Gasteiger partial charge in [0.05, 0.1) is 6.04 Å². The highest BCUT2D eigenvalue weighted by Gasteiger charge is 2.31. The third kappa shape index (κ3) is 6.49. The summed E-state index contributed by atoms with van der Waals surface area (Å²) >= 11 is 1.67. The van der Waals surface area contributed by atoms with Gasteiger partial charge in [-0.1, -0.05) is 32.9 Å². The highest BCUT2D eigenvalue weighted by molar-refractivity contribution is 8.00. The Balaban J connectivity index is 2.80. The van der Waals surface area contributed by atoms with Gasteiger partial charge in [0.2, 0.25) is 0 Å². The fourth-order valence-corrected chi connectivity index (χ4v) is 2.46. The summed E-state index contributed by atoms with van der Waals surface area (Å²) in [5.74, 6) is 5.89. The lowest BCUT2D eigenvalue weighted by atomic mass is 10.1. The van der Waals surface area contributed by atoms with Crippen LogP contribution in [0, 0.1) is 0 Å². The second-order valence-corrected chi connectivity index (χ2v) is 7.11. The van der Waals surface area contributed by atoms with E-state index in [0.717, 1.165) is 0 Å². The Morgan fingerprint density at radius 1 is 1.30 bits per heavy atom. The van der Waals surface area contributed by atoms with E-state index in [2.05, 4.69) is 30.9 Å². The highest BCUT2D eigenvalue weighted by atomic mass is 32.2. The Morgan fingerprint density at radius 2 is 1.95 bits per heavy atom. The van der Waals surface area contributed by atoms with Crippen molar-refractivity contribution in [1.29, 1.82) is 0 Å². The van der Waals surface area contributed by atoms with Gasteiger partial charge in [-0.15, -0.1) is 13.2 Å². The van der Waals surface area contributed by atoms with Gasteiger partial charge in [0, 0.05) is 10.5 Å². The molecule has 1 unspecified atom stereocenters. The minimum Gasteiger partial charge on any atom is -0.406 e. The standard InChI is InChI=1S/C13H19F3N2OS/c1-12(2,3)20-8-11(18-17)9-5-4-6-10(7-9)19-13(14,15)16/h4-7,11,18H,8,17H2,1-3H3. The molecule has 3 nitrogen and oxygen atoms in total. The van der Waals surface area contributed by atoms with Gasteiger partial charge in [0.1, 0.15) is 5.75 Å². The molecule has 0 saturated heterocycles. The molecule has 0 saturated carbocycles. The van der Waals surface area contributed by atoms with Crippen LogP contribution in [0.2, 0.25) is 0 Å². The zero-order valence-corrected chi connectivity index (χ0v) is 12.4. The van der Waals surface area contributed by atoms with Gasteiger partial charge in [0.25, 0.3) is 0 Å².